The van der Waals surface area contributed by atoms with Crippen LogP contribution in [0.1, 0.15) is 22.3 Å². The fourth-order valence-corrected chi connectivity index (χ4v) is 3.81. The van der Waals surface area contributed by atoms with E-state index in [1.165, 1.54) is 11.1 Å². The zero-order valence-electron chi connectivity index (χ0n) is 18.2. The van der Waals surface area contributed by atoms with Gasteiger partial charge in [-0.3, -0.25) is 19.4 Å². The van der Waals surface area contributed by atoms with Crippen LogP contribution in [0.3, 0.4) is 0 Å². The molecule has 2 aromatic rings. The molecule has 6 nitrogen and oxygen atoms in total. The third-order valence-corrected chi connectivity index (χ3v) is 5.51. The lowest BCUT2D eigenvalue weighted by molar-refractivity contribution is -0.125. The van der Waals surface area contributed by atoms with Gasteiger partial charge in [-0.15, -0.1) is 0 Å². The van der Waals surface area contributed by atoms with Crippen molar-refractivity contribution < 1.29 is 9.59 Å². The Bertz CT molecular complexity index is 868. The number of carbonyl (C=O) groups excluding carboxylic acids is 2. The molecular weight excluding hydrogens is 376 g/mol. The first-order chi connectivity index (χ1) is 14.4. The van der Waals surface area contributed by atoms with E-state index in [2.05, 4.69) is 51.6 Å². The summed E-state index contributed by atoms with van der Waals surface area (Å²) in [7, 11) is 0. The minimum absolute atomic E-state index is 0.0140. The summed E-state index contributed by atoms with van der Waals surface area (Å²) in [5, 5.41) is 5.64. The molecule has 1 aliphatic rings. The van der Waals surface area contributed by atoms with Crippen LogP contribution in [0.25, 0.3) is 0 Å². The van der Waals surface area contributed by atoms with Crippen LogP contribution >= 0.6 is 0 Å². The second kappa shape index (κ2) is 10.4. The Morgan fingerprint density at radius 3 is 2.17 bits per heavy atom. The number of amides is 2. The molecule has 160 valence electrons. The van der Waals surface area contributed by atoms with Gasteiger partial charge in [-0.2, -0.15) is 0 Å². The lowest BCUT2D eigenvalue weighted by atomic mass is 10.1. The van der Waals surface area contributed by atoms with Gasteiger partial charge in [0.2, 0.25) is 11.8 Å². The summed E-state index contributed by atoms with van der Waals surface area (Å²) in [4.78, 5) is 29.0. The molecular formula is C24H32N4O2. The fourth-order valence-electron chi connectivity index (χ4n) is 3.81. The van der Waals surface area contributed by atoms with E-state index in [9.17, 15) is 9.59 Å². The molecule has 1 heterocycles. The standard InChI is InChI=1S/C24H32N4O2/c1-18-6-4-9-21(14-18)16-27-10-12-28(13-11-27)17-23(30)25-15-22(29)26-24-19(2)7-5-8-20(24)3/h4-9,14H,10-13,15-17H2,1-3H3,(H,25,30)(H,26,29). The second-order valence-corrected chi connectivity index (χ2v) is 8.13. The maximum atomic E-state index is 12.3. The van der Waals surface area contributed by atoms with Gasteiger partial charge < -0.3 is 10.6 Å². The maximum Gasteiger partial charge on any atom is 0.243 e. The molecule has 1 aliphatic heterocycles. The fraction of sp³-hybridized carbons (Fsp3) is 0.417. The number of para-hydroxylation sites is 1. The highest BCUT2D eigenvalue weighted by Gasteiger charge is 2.19. The number of piperazine rings is 1. The van der Waals surface area contributed by atoms with E-state index in [1.54, 1.807) is 0 Å². The van der Waals surface area contributed by atoms with Gasteiger partial charge in [0.25, 0.3) is 0 Å². The first-order valence-corrected chi connectivity index (χ1v) is 10.5. The van der Waals surface area contributed by atoms with Crippen molar-refractivity contribution >= 4 is 17.5 Å². The third kappa shape index (κ3) is 6.40. The molecule has 1 fully saturated rings. The minimum Gasteiger partial charge on any atom is -0.346 e. The predicted molar refractivity (Wildman–Crippen MR) is 120 cm³/mol. The van der Waals surface area contributed by atoms with Gasteiger partial charge in [0.15, 0.2) is 0 Å². The number of nitrogens with zero attached hydrogens (tertiary/aromatic N) is 2. The van der Waals surface area contributed by atoms with Crippen molar-refractivity contribution in [3.63, 3.8) is 0 Å². The average Bonchev–Trinajstić information content (AvgIpc) is 2.71. The molecule has 2 N–H and O–H groups in total. The molecule has 0 atom stereocenters. The number of hydrogen-bond acceptors (Lipinski definition) is 4. The van der Waals surface area contributed by atoms with Crippen LogP contribution < -0.4 is 10.6 Å². The Kier molecular flexibility index (Phi) is 7.60. The summed E-state index contributed by atoms with van der Waals surface area (Å²) in [6.45, 7) is 10.9. The van der Waals surface area contributed by atoms with Crippen LogP contribution in [0.4, 0.5) is 5.69 Å². The highest BCUT2D eigenvalue weighted by molar-refractivity contribution is 5.95. The van der Waals surface area contributed by atoms with E-state index in [1.807, 2.05) is 32.0 Å². The minimum atomic E-state index is -0.205. The van der Waals surface area contributed by atoms with Gasteiger partial charge in [-0.25, -0.2) is 0 Å². The Hall–Kier alpha value is -2.70. The number of anilines is 1. The molecule has 3 rings (SSSR count). The van der Waals surface area contributed by atoms with Gasteiger partial charge in [0.1, 0.15) is 0 Å². The number of benzene rings is 2. The molecule has 0 aromatic heterocycles. The third-order valence-electron chi connectivity index (χ3n) is 5.51. The van der Waals surface area contributed by atoms with E-state index in [0.29, 0.717) is 6.54 Å². The molecule has 0 unspecified atom stereocenters. The van der Waals surface area contributed by atoms with Crippen LogP contribution in [0, 0.1) is 20.8 Å². The first kappa shape index (κ1) is 22.0. The quantitative estimate of drug-likeness (QED) is 0.739. The summed E-state index contributed by atoms with van der Waals surface area (Å²) < 4.78 is 0. The van der Waals surface area contributed by atoms with Crippen molar-refractivity contribution in [3.8, 4) is 0 Å². The largest absolute Gasteiger partial charge is 0.346 e. The summed E-state index contributed by atoms with van der Waals surface area (Å²) in [5.41, 5.74) is 5.46. The normalized spacial score (nSPS) is 15.0. The number of nitrogens with one attached hydrogen (secondary N) is 2. The average molecular weight is 409 g/mol. The molecule has 0 saturated carbocycles. The molecule has 0 spiro atoms. The van der Waals surface area contributed by atoms with Crippen molar-refractivity contribution in [2.24, 2.45) is 0 Å². The van der Waals surface area contributed by atoms with Crippen LogP contribution in [-0.4, -0.2) is 60.9 Å². The number of carbonyl (C=O) groups is 2. The molecule has 1 saturated heterocycles. The van der Waals surface area contributed by atoms with Gasteiger partial charge in [0.05, 0.1) is 13.1 Å². The monoisotopic (exact) mass is 408 g/mol. The van der Waals surface area contributed by atoms with Crippen molar-refractivity contribution in [3.05, 3.63) is 64.7 Å². The van der Waals surface area contributed by atoms with Gasteiger partial charge >= 0.3 is 0 Å². The second-order valence-electron chi connectivity index (χ2n) is 8.13. The van der Waals surface area contributed by atoms with Gasteiger partial charge in [-0.05, 0) is 37.5 Å². The van der Waals surface area contributed by atoms with Crippen molar-refractivity contribution in [1.29, 1.82) is 0 Å². The van der Waals surface area contributed by atoms with E-state index < -0.39 is 0 Å². The molecule has 2 amide bonds. The summed E-state index contributed by atoms with van der Waals surface area (Å²) >= 11 is 0. The highest BCUT2D eigenvalue weighted by Crippen LogP contribution is 2.19. The number of hydrogen-bond donors (Lipinski definition) is 2. The Morgan fingerprint density at radius 1 is 0.867 bits per heavy atom. The van der Waals surface area contributed by atoms with E-state index in [-0.39, 0.29) is 18.4 Å². The summed E-state index contributed by atoms with van der Waals surface area (Å²) in [5.74, 6) is -0.317. The lowest BCUT2D eigenvalue weighted by Crippen LogP contribution is -2.49. The van der Waals surface area contributed by atoms with Crippen molar-refractivity contribution in [2.75, 3.05) is 44.6 Å². The number of rotatable bonds is 7. The van der Waals surface area contributed by atoms with Crippen LogP contribution in [-0.2, 0) is 16.1 Å². The summed E-state index contributed by atoms with van der Waals surface area (Å²) in [6, 6.07) is 14.5. The molecule has 0 radical (unpaired) electrons. The summed E-state index contributed by atoms with van der Waals surface area (Å²) in [6.07, 6.45) is 0. The van der Waals surface area contributed by atoms with Crippen molar-refractivity contribution in [2.45, 2.75) is 27.3 Å². The number of aryl methyl sites for hydroxylation is 3. The molecule has 6 heteroatoms. The molecule has 0 bridgehead atoms. The predicted octanol–water partition coefficient (Wildman–Crippen LogP) is 2.48. The van der Waals surface area contributed by atoms with E-state index in [0.717, 1.165) is 49.5 Å². The molecule has 30 heavy (non-hydrogen) atoms. The zero-order chi connectivity index (χ0) is 21.5. The maximum absolute atomic E-state index is 12.3. The SMILES string of the molecule is Cc1cccc(CN2CCN(CC(=O)NCC(=O)Nc3c(C)cccc3C)CC2)c1. The molecule has 0 aliphatic carbocycles. The Labute approximate surface area is 179 Å². The Morgan fingerprint density at radius 2 is 1.50 bits per heavy atom. The van der Waals surface area contributed by atoms with Crippen LogP contribution in [0.15, 0.2) is 42.5 Å². The zero-order valence-corrected chi connectivity index (χ0v) is 18.2. The topological polar surface area (TPSA) is 64.7 Å². The van der Waals surface area contributed by atoms with E-state index in [4.69, 9.17) is 0 Å². The van der Waals surface area contributed by atoms with Crippen LogP contribution in [0.2, 0.25) is 0 Å². The van der Waals surface area contributed by atoms with Crippen molar-refractivity contribution in [1.82, 2.24) is 15.1 Å². The highest BCUT2D eigenvalue weighted by atomic mass is 16.2. The smallest absolute Gasteiger partial charge is 0.243 e. The Balaban J connectivity index is 1.37. The lowest BCUT2D eigenvalue weighted by Gasteiger charge is -2.34. The first-order valence-electron chi connectivity index (χ1n) is 10.5. The van der Waals surface area contributed by atoms with E-state index >= 15 is 0 Å². The van der Waals surface area contributed by atoms with Gasteiger partial charge in [-0.1, -0.05) is 48.0 Å². The van der Waals surface area contributed by atoms with Crippen LogP contribution in [0.5, 0.6) is 0 Å². The van der Waals surface area contributed by atoms with Gasteiger partial charge in [0, 0.05) is 38.4 Å². The molecule has 2 aromatic carbocycles.